The third kappa shape index (κ3) is 8.02. The van der Waals surface area contributed by atoms with Crippen molar-refractivity contribution in [2.24, 2.45) is 0 Å². The summed E-state index contributed by atoms with van der Waals surface area (Å²) in [6.45, 7) is 8.93. The monoisotopic (exact) mass is 359 g/mol. The Morgan fingerprint density at radius 3 is 1.75 bits per heavy atom. The predicted octanol–water partition coefficient (Wildman–Crippen LogP) is 4.43. The Balaban J connectivity index is 2.72. The summed E-state index contributed by atoms with van der Waals surface area (Å²) in [7, 11) is -3.28. The van der Waals surface area contributed by atoms with Gasteiger partial charge >= 0.3 is 7.94 Å². The van der Waals surface area contributed by atoms with Gasteiger partial charge in [-0.3, -0.25) is 0 Å². The van der Waals surface area contributed by atoms with Crippen molar-refractivity contribution < 1.29 is 23.4 Å². The van der Waals surface area contributed by atoms with Crippen molar-refractivity contribution in [2.45, 2.75) is 66.0 Å². The highest BCUT2D eigenvalue weighted by atomic mass is 31.2. The van der Waals surface area contributed by atoms with Crippen LogP contribution in [0.15, 0.2) is 30.3 Å². The summed E-state index contributed by atoms with van der Waals surface area (Å²) in [5.41, 5.74) is 0. The van der Waals surface area contributed by atoms with Gasteiger partial charge in [0, 0.05) is 13.2 Å². The maximum atomic E-state index is 11.0. The van der Waals surface area contributed by atoms with E-state index in [4.69, 9.17) is 18.5 Å². The molecule has 0 saturated heterocycles. The smallest absolute Gasteiger partial charge is 0.349 e. The highest BCUT2D eigenvalue weighted by molar-refractivity contribution is 7.68. The van der Waals surface area contributed by atoms with Crippen molar-refractivity contribution in [1.82, 2.24) is 0 Å². The van der Waals surface area contributed by atoms with Gasteiger partial charge in [-0.15, -0.1) is 9.05 Å². The van der Waals surface area contributed by atoms with E-state index in [1.54, 1.807) is 26.0 Å². The van der Waals surface area contributed by atoms with Gasteiger partial charge in [0.2, 0.25) is 12.6 Å². The van der Waals surface area contributed by atoms with E-state index in [2.05, 4.69) is 13.8 Å². The Labute approximate surface area is 146 Å². The number of ether oxygens (including phenoxy) is 2. The Hall–Kier alpha value is -0.550. The van der Waals surface area contributed by atoms with E-state index in [1.165, 1.54) is 0 Å². The van der Waals surface area contributed by atoms with Crippen LogP contribution in [0.5, 0.6) is 0 Å². The van der Waals surface area contributed by atoms with Crippen LogP contribution in [0.3, 0.4) is 0 Å². The molecule has 1 aromatic rings. The molecule has 138 valence electrons. The SMILES string of the molecule is CCCCOC(C)O[P+](O)(OC(C)OCCCC)c1ccccc1. The lowest BCUT2D eigenvalue weighted by Gasteiger charge is -2.23. The molecule has 6 heteroatoms. The molecule has 0 amide bonds. The lowest BCUT2D eigenvalue weighted by molar-refractivity contribution is -0.111. The molecule has 0 aliphatic carbocycles. The molecule has 0 aromatic heterocycles. The van der Waals surface area contributed by atoms with E-state index in [1.807, 2.05) is 18.2 Å². The molecule has 24 heavy (non-hydrogen) atoms. The lowest BCUT2D eigenvalue weighted by Crippen LogP contribution is -2.26. The van der Waals surface area contributed by atoms with E-state index in [0.29, 0.717) is 18.5 Å². The lowest BCUT2D eigenvalue weighted by atomic mass is 10.4. The zero-order chi connectivity index (χ0) is 17.8. The first-order chi connectivity index (χ1) is 11.5. The molecule has 5 nitrogen and oxygen atoms in total. The van der Waals surface area contributed by atoms with Gasteiger partial charge in [0.05, 0.1) is 0 Å². The third-order valence-corrected chi connectivity index (χ3v) is 5.48. The molecule has 0 aliphatic heterocycles. The van der Waals surface area contributed by atoms with Crippen molar-refractivity contribution >= 4 is 13.2 Å². The van der Waals surface area contributed by atoms with Crippen molar-refractivity contribution in [3.63, 3.8) is 0 Å². The molecule has 1 N–H and O–H groups in total. The van der Waals surface area contributed by atoms with Gasteiger partial charge in [0.1, 0.15) is 0 Å². The van der Waals surface area contributed by atoms with Gasteiger partial charge in [-0.2, -0.15) is 4.89 Å². The molecular weight excluding hydrogens is 327 g/mol. The van der Waals surface area contributed by atoms with Crippen LogP contribution in [0.1, 0.15) is 53.4 Å². The van der Waals surface area contributed by atoms with Crippen LogP contribution < -0.4 is 5.30 Å². The first kappa shape index (κ1) is 21.5. The second-order valence-corrected chi connectivity index (χ2v) is 7.63. The molecular formula is C18H32O5P+. The number of unbranched alkanes of at least 4 members (excludes halogenated alkanes) is 2. The third-order valence-electron chi connectivity index (χ3n) is 3.37. The minimum Gasteiger partial charge on any atom is -0.349 e. The fourth-order valence-electron chi connectivity index (χ4n) is 2.01. The summed E-state index contributed by atoms with van der Waals surface area (Å²) in [5.74, 6) is 0. The summed E-state index contributed by atoms with van der Waals surface area (Å²) in [4.78, 5) is 11.0. The van der Waals surface area contributed by atoms with E-state index >= 15 is 0 Å². The standard InChI is InChI=1S/C18H32O5P/c1-5-7-14-20-16(3)22-24(19,18-12-10-9-11-13-18)23-17(4)21-15-8-6-2/h9-13,16-17,19H,5-8,14-15H2,1-4H3/q+1. The maximum Gasteiger partial charge on any atom is 0.451 e. The molecule has 1 aromatic carbocycles. The summed E-state index contributed by atoms with van der Waals surface area (Å²) >= 11 is 0. The van der Waals surface area contributed by atoms with E-state index < -0.39 is 20.5 Å². The van der Waals surface area contributed by atoms with Crippen molar-refractivity contribution in [2.75, 3.05) is 13.2 Å². The van der Waals surface area contributed by atoms with Gasteiger partial charge in [-0.25, -0.2) is 0 Å². The molecule has 1 rings (SSSR count). The number of rotatable bonds is 13. The Morgan fingerprint density at radius 1 is 0.875 bits per heavy atom. The highest BCUT2D eigenvalue weighted by Gasteiger charge is 2.48. The highest BCUT2D eigenvalue weighted by Crippen LogP contribution is 2.57. The van der Waals surface area contributed by atoms with Crippen LogP contribution in [0.2, 0.25) is 0 Å². The quantitative estimate of drug-likeness (QED) is 0.321. The van der Waals surface area contributed by atoms with Crippen LogP contribution in [-0.4, -0.2) is 30.7 Å². The van der Waals surface area contributed by atoms with Gasteiger partial charge < -0.3 is 9.47 Å². The number of hydrogen-bond acceptors (Lipinski definition) is 5. The van der Waals surface area contributed by atoms with Crippen LogP contribution in [0, 0.1) is 0 Å². The van der Waals surface area contributed by atoms with Gasteiger partial charge in [0.25, 0.3) is 0 Å². The normalized spacial score (nSPS) is 16.5. The minimum atomic E-state index is -3.28. The zero-order valence-electron chi connectivity index (χ0n) is 15.3. The van der Waals surface area contributed by atoms with Crippen LogP contribution in [0.4, 0.5) is 0 Å². The van der Waals surface area contributed by atoms with Crippen LogP contribution >= 0.6 is 7.94 Å². The Morgan fingerprint density at radius 2 is 1.33 bits per heavy atom. The fraction of sp³-hybridized carbons (Fsp3) is 0.667. The predicted molar refractivity (Wildman–Crippen MR) is 98.0 cm³/mol. The minimum absolute atomic E-state index is 0.557. The average Bonchev–Trinajstić information content (AvgIpc) is 2.56. The zero-order valence-corrected chi connectivity index (χ0v) is 16.2. The first-order valence-corrected chi connectivity index (χ1v) is 10.4. The molecule has 0 aliphatic rings. The number of benzene rings is 1. The molecule has 0 fully saturated rings. The topological polar surface area (TPSA) is 57.2 Å². The molecule has 2 atom stereocenters. The number of hydrogen-bond donors (Lipinski definition) is 1. The Kier molecular flexibility index (Phi) is 10.7. The first-order valence-electron chi connectivity index (χ1n) is 8.79. The fourth-order valence-corrected chi connectivity index (χ4v) is 3.78. The van der Waals surface area contributed by atoms with Gasteiger partial charge in [0.15, 0.2) is 5.30 Å². The summed E-state index contributed by atoms with van der Waals surface area (Å²) in [6, 6.07) is 9.17. The summed E-state index contributed by atoms with van der Waals surface area (Å²) < 4.78 is 22.8. The van der Waals surface area contributed by atoms with Crippen molar-refractivity contribution in [3.8, 4) is 0 Å². The molecule has 0 heterocycles. The van der Waals surface area contributed by atoms with Crippen molar-refractivity contribution in [1.29, 1.82) is 0 Å². The molecule has 0 radical (unpaired) electrons. The summed E-state index contributed by atoms with van der Waals surface area (Å²) in [6.07, 6.45) is 2.88. The Bertz CT molecular complexity index is 411. The average molecular weight is 359 g/mol. The van der Waals surface area contributed by atoms with Gasteiger partial charge in [-0.1, -0.05) is 44.9 Å². The van der Waals surface area contributed by atoms with Crippen LogP contribution in [-0.2, 0) is 18.5 Å². The van der Waals surface area contributed by atoms with Crippen molar-refractivity contribution in [3.05, 3.63) is 30.3 Å². The summed E-state index contributed by atoms with van der Waals surface area (Å²) in [5, 5.41) is 0.613. The molecule has 0 saturated carbocycles. The van der Waals surface area contributed by atoms with E-state index in [9.17, 15) is 4.89 Å². The molecule has 2 unspecified atom stereocenters. The molecule has 0 bridgehead atoms. The molecule has 0 spiro atoms. The van der Waals surface area contributed by atoms with Crippen LogP contribution in [0.25, 0.3) is 0 Å². The second kappa shape index (κ2) is 11.9. The largest absolute Gasteiger partial charge is 0.451 e. The maximum absolute atomic E-state index is 11.0. The van der Waals surface area contributed by atoms with E-state index in [-0.39, 0.29) is 0 Å². The van der Waals surface area contributed by atoms with E-state index in [0.717, 1.165) is 25.7 Å². The van der Waals surface area contributed by atoms with Gasteiger partial charge in [-0.05, 0) is 38.8 Å². The second-order valence-electron chi connectivity index (χ2n) is 5.65.